The van der Waals surface area contributed by atoms with Crippen molar-refractivity contribution < 1.29 is 9.59 Å². The van der Waals surface area contributed by atoms with E-state index in [2.05, 4.69) is 39.3 Å². The van der Waals surface area contributed by atoms with Gasteiger partial charge in [-0.15, -0.1) is 0 Å². The van der Waals surface area contributed by atoms with Crippen molar-refractivity contribution in [1.29, 1.82) is 0 Å². The van der Waals surface area contributed by atoms with Crippen molar-refractivity contribution in [3.63, 3.8) is 0 Å². The highest BCUT2D eigenvalue weighted by molar-refractivity contribution is 6.08. The molecule has 0 spiro atoms. The van der Waals surface area contributed by atoms with Crippen molar-refractivity contribution in [3.05, 3.63) is 58.4 Å². The van der Waals surface area contributed by atoms with Gasteiger partial charge in [-0.25, -0.2) is 0 Å². The summed E-state index contributed by atoms with van der Waals surface area (Å²) in [6.07, 6.45) is 3.03. The number of piperidine rings is 1. The van der Waals surface area contributed by atoms with Gasteiger partial charge in [0.2, 0.25) is 17.8 Å². The highest BCUT2D eigenvalue weighted by Crippen LogP contribution is 2.33. The smallest absolute Gasteiger partial charge is 0.258 e. The molecule has 33 heavy (non-hydrogen) atoms. The summed E-state index contributed by atoms with van der Waals surface area (Å²) in [6.45, 7) is 4.21. The Hall–Kier alpha value is -3.68. The number of nitrogens with zero attached hydrogens (tertiary/aromatic N) is 2. The summed E-state index contributed by atoms with van der Waals surface area (Å²) in [5, 5.41) is 7.52. The quantitative estimate of drug-likeness (QED) is 0.569. The van der Waals surface area contributed by atoms with Gasteiger partial charge in [0, 0.05) is 29.6 Å². The molecule has 2 aliphatic rings. The molecule has 1 fully saturated rings. The van der Waals surface area contributed by atoms with Crippen LogP contribution in [0.15, 0.2) is 47.3 Å². The second-order valence-electron chi connectivity index (χ2n) is 9.01. The maximum atomic E-state index is 13.3. The van der Waals surface area contributed by atoms with E-state index in [-0.39, 0.29) is 35.8 Å². The van der Waals surface area contributed by atoms with Gasteiger partial charge in [0.25, 0.3) is 5.56 Å². The fourth-order valence-electron chi connectivity index (χ4n) is 5.10. The van der Waals surface area contributed by atoms with Gasteiger partial charge in [-0.3, -0.25) is 19.4 Å². The van der Waals surface area contributed by atoms with Crippen LogP contribution in [0, 0.1) is 0 Å². The molecule has 0 aliphatic carbocycles. The van der Waals surface area contributed by atoms with Crippen LogP contribution in [-0.4, -0.2) is 33.9 Å². The van der Waals surface area contributed by atoms with Crippen molar-refractivity contribution in [1.82, 2.24) is 9.97 Å². The molecule has 2 aliphatic heterocycles. The number of aromatic nitrogens is 2. The van der Waals surface area contributed by atoms with Crippen LogP contribution in [0.3, 0.4) is 0 Å². The number of anilines is 3. The van der Waals surface area contributed by atoms with Gasteiger partial charge >= 0.3 is 0 Å². The topological polar surface area (TPSA) is 107 Å². The van der Waals surface area contributed by atoms with Gasteiger partial charge in [0.15, 0.2) is 0 Å². The van der Waals surface area contributed by atoms with Crippen LogP contribution in [0.5, 0.6) is 0 Å². The number of hydrogen-bond donors (Lipinski definition) is 3. The molecule has 1 saturated heterocycles. The molecule has 2 amide bonds. The molecule has 5 rings (SSSR count). The molecule has 3 unspecified atom stereocenters. The minimum atomic E-state index is -0.922. The molecule has 0 bridgehead atoms. The monoisotopic (exact) mass is 445 g/mol. The molecule has 3 atom stereocenters. The maximum absolute atomic E-state index is 13.3. The van der Waals surface area contributed by atoms with Gasteiger partial charge in [-0.2, -0.15) is 4.98 Å². The third-order valence-corrected chi connectivity index (χ3v) is 6.74. The normalized spacial score (nSPS) is 22.5. The Morgan fingerprint density at radius 2 is 1.79 bits per heavy atom. The lowest BCUT2D eigenvalue weighted by Crippen LogP contribution is -2.46. The second kappa shape index (κ2) is 8.35. The zero-order valence-electron chi connectivity index (χ0n) is 18.7. The predicted molar refractivity (Wildman–Crippen MR) is 129 cm³/mol. The van der Waals surface area contributed by atoms with E-state index in [1.165, 1.54) is 0 Å². The Balaban J connectivity index is 1.50. The first-order valence-corrected chi connectivity index (χ1v) is 11.4. The second-order valence-corrected chi connectivity index (χ2v) is 9.01. The summed E-state index contributed by atoms with van der Waals surface area (Å²) in [5.74, 6) is -1.04. The highest BCUT2D eigenvalue weighted by Gasteiger charge is 2.36. The number of hydrogen-bond acceptors (Lipinski definition) is 5. The van der Waals surface area contributed by atoms with Crippen molar-refractivity contribution in [2.45, 2.75) is 57.5 Å². The fraction of sp³-hybridized carbons (Fsp3) is 0.360. The predicted octanol–water partition coefficient (Wildman–Crippen LogP) is 3.75. The zero-order valence-corrected chi connectivity index (χ0v) is 18.7. The highest BCUT2D eigenvalue weighted by atomic mass is 16.2. The minimum absolute atomic E-state index is 0.107. The summed E-state index contributed by atoms with van der Waals surface area (Å²) in [7, 11) is 0. The van der Waals surface area contributed by atoms with Crippen LogP contribution < -0.4 is 21.1 Å². The van der Waals surface area contributed by atoms with Gasteiger partial charge in [-0.05, 0) is 44.6 Å². The van der Waals surface area contributed by atoms with Crippen LogP contribution in [0.25, 0.3) is 10.8 Å². The van der Waals surface area contributed by atoms with Gasteiger partial charge in [-0.1, -0.05) is 36.4 Å². The number of benzene rings is 2. The number of amides is 2. The summed E-state index contributed by atoms with van der Waals surface area (Å²) < 4.78 is 0. The first-order valence-electron chi connectivity index (χ1n) is 11.4. The van der Waals surface area contributed by atoms with E-state index in [1.807, 2.05) is 42.5 Å². The lowest BCUT2D eigenvalue weighted by Gasteiger charge is -2.39. The van der Waals surface area contributed by atoms with Crippen LogP contribution in [0.2, 0.25) is 0 Å². The molecule has 3 heterocycles. The van der Waals surface area contributed by atoms with Gasteiger partial charge in [0.05, 0.1) is 11.5 Å². The Morgan fingerprint density at radius 1 is 1.06 bits per heavy atom. The molecular weight excluding hydrogens is 418 g/mol. The van der Waals surface area contributed by atoms with Crippen LogP contribution in [0.4, 0.5) is 17.5 Å². The van der Waals surface area contributed by atoms with E-state index < -0.39 is 17.4 Å². The minimum Gasteiger partial charge on any atom is -0.337 e. The van der Waals surface area contributed by atoms with E-state index >= 15 is 0 Å². The summed E-state index contributed by atoms with van der Waals surface area (Å²) in [6, 6.07) is 13.8. The van der Waals surface area contributed by atoms with Gasteiger partial charge < -0.3 is 15.5 Å². The lowest BCUT2D eigenvalue weighted by molar-refractivity contribution is -0.123. The molecule has 3 aromatic rings. The van der Waals surface area contributed by atoms with Crippen molar-refractivity contribution in [2.24, 2.45) is 0 Å². The molecule has 0 saturated carbocycles. The Labute approximate surface area is 191 Å². The summed E-state index contributed by atoms with van der Waals surface area (Å²) >= 11 is 0. The Bertz CT molecular complexity index is 1290. The summed E-state index contributed by atoms with van der Waals surface area (Å²) in [4.78, 5) is 48.5. The summed E-state index contributed by atoms with van der Waals surface area (Å²) in [5.41, 5.74) is 0.453. The largest absolute Gasteiger partial charge is 0.337 e. The van der Waals surface area contributed by atoms with Gasteiger partial charge in [0.1, 0.15) is 5.82 Å². The average molecular weight is 446 g/mol. The molecular formula is C25H27N5O3. The average Bonchev–Trinajstić information content (AvgIpc) is 2.78. The van der Waals surface area contributed by atoms with Crippen molar-refractivity contribution in [2.75, 3.05) is 15.5 Å². The van der Waals surface area contributed by atoms with E-state index in [4.69, 9.17) is 0 Å². The molecule has 8 heteroatoms. The van der Waals surface area contributed by atoms with Crippen molar-refractivity contribution >= 4 is 40.0 Å². The number of rotatable bonds is 3. The van der Waals surface area contributed by atoms with E-state index in [0.29, 0.717) is 11.6 Å². The molecule has 8 nitrogen and oxygen atoms in total. The number of aromatic amines is 1. The van der Waals surface area contributed by atoms with E-state index in [0.717, 1.165) is 30.0 Å². The fourth-order valence-corrected chi connectivity index (χ4v) is 5.10. The number of carbonyl (C=O) groups is 2. The SMILES string of the molecule is CC1CCCC(C)N1c1nc2c(c(=O)[nH]1)C(C(=O)Nc1cccc3ccccc13)CC(=O)N2. The number of nitrogens with one attached hydrogen (secondary N) is 3. The van der Waals surface area contributed by atoms with Crippen LogP contribution in [-0.2, 0) is 9.59 Å². The number of carbonyl (C=O) groups excluding carboxylic acids is 2. The molecule has 0 radical (unpaired) electrons. The molecule has 3 N–H and O–H groups in total. The number of H-pyrrole nitrogens is 1. The van der Waals surface area contributed by atoms with E-state index in [9.17, 15) is 14.4 Å². The molecule has 170 valence electrons. The van der Waals surface area contributed by atoms with Crippen molar-refractivity contribution in [3.8, 4) is 0 Å². The third kappa shape index (κ3) is 3.86. The van der Waals surface area contributed by atoms with E-state index in [1.54, 1.807) is 0 Å². The van der Waals surface area contributed by atoms with Crippen LogP contribution >= 0.6 is 0 Å². The number of fused-ring (bicyclic) bond motifs is 2. The Morgan fingerprint density at radius 3 is 2.58 bits per heavy atom. The molecule has 1 aromatic heterocycles. The third-order valence-electron chi connectivity index (χ3n) is 6.74. The first kappa shape index (κ1) is 21.2. The lowest BCUT2D eigenvalue weighted by atomic mass is 9.92. The standard InChI is InChI=1S/C25H27N5O3/c1-14-7-5-8-15(2)30(14)25-28-22-21(24(33)29-25)18(13-20(31)27-22)23(32)26-19-12-6-10-16-9-3-4-11-17(16)19/h3-4,6,9-12,14-15,18H,5,7-8,13H2,1-2H3,(H,26,32)(H2,27,28,29,31,33). The van der Waals surface area contributed by atoms with Crippen LogP contribution in [0.1, 0.15) is 51.0 Å². The zero-order chi connectivity index (χ0) is 23.1. The first-order chi connectivity index (χ1) is 15.9. The maximum Gasteiger partial charge on any atom is 0.258 e. The Kier molecular flexibility index (Phi) is 5.36. The molecule has 2 aromatic carbocycles.